The number of hydrogen-bond donors (Lipinski definition) is 0. The molecule has 2 aromatic rings. The zero-order valence-corrected chi connectivity index (χ0v) is 20.8. The average molecular weight is 467 g/mol. The van der Waals surface area contributed by atoms with E-state index in [9.17, 15) is 0 Å². The Bertz CT molecular complexity index is 960. The summed E-state index contributed by atoms with van der Waals surface area (Å²) in [6.07, 6.45) is 7.46. The summed E-state index contributed by atoms with van der Waals surface area (Å²) < 4.78 is 28.8. The van der Waals surface area contributed by atoms with Crippen molar-refractivity contribution in [2.24, 2.45) is 17.3 Å². The van der Waals surface area contributed by atoms with Gasteiger partial charge in [-0.1, -0.05) is 37.3 Å². The van der Waals surface area contributed by atoms with E-state index in [0.717, 1.165) is 29.9 Å². The maximum Gasteiger partial charge on any atom is 0.188 e. The van der Waals surface area contributed by atoms with Gasteiger partial charge in [0.1, 0.15) is 13.4 Å². The SMILES string of the molecule is COCOc1cc2c(cc1OCc1ccccc1)[C@H]1CC[C@]3(C)[C@@H](OCOC)CC[C@H]3[C@@H]1CC2. The molecular formula is C29H38O5. The standard InChI is InChI=1S/C29H38O5/c1-29-14-13-22-23(25(29)11-12-28(29)34-19-31-3)10-9-21-15-26(33-18-30-2)27(16-24(21)22)32-17-20-7-5-4-6-8-20/h4-8,15-16,22-23,25,28H,9-14,17-19H2,1-3H3/t22-,23+,25-,28-,29-/m0/s1. The lowest BCUT2D eigenvalue weighted by molar-refractivity contribution is -0.125. The number of fused-ring (bicyclic) bond motifs is 5. The molecule has 2 saturated carbocycles. The van der Waals surface area contributed by atoms with Crippen LogP contribution >= 0.6 is 0 Å². The van der Waals surface area contributed by atoms with Crippen molar-refractivity contribution < 1.29 is 23.7 Å². The molecule has 0 bridgehead atoms. The van der Waals surface area contributed by atoms with Crippen LogP contribution in [0.4, 0.5) is 0 Å². The summed E-state index contributed by atoms with van der Waals surface area (Å²) in [7, 11) is 3.36. The maximum absolute atomic E-state index is 6.32. The minimum atomic E-state index is 0.218. The van der Waals surface area contributed by atoms with Crippen LogP contribution in [-0.2, 0) is 27.2 Å². The molecule has 0 heterocycles. The molecule has 0 spiro atoms. The van der Waals surface area contributed by atoms with Crippen molar-refractivity contribution in [3.8, 4) is 11.5 Å². The van der Waals surface area contributed by atoms with Crippen molar-refractivity contribution in [1.29, 1.82) is 0 Å². The third-order valence-electron chi connectivity index (χ3n) is 8.66. The summed E-state index contributed by atoms with van der Waals surface area (Å²) >= 11 is 0. The summed E-state index contributed by atoms with van der Waals surface area (Å²) in [6.45, 7) is 3.61. The number of rotatable bonds is 9. The molecule has 0 radical (unpaired) electrons. The smallest absolute Gasteiger partial charge is 0.188 e. The molecule has 3 aliphatic rings. The van der Waals surface area contributed by atoms with Crippen LogP contribution in [0.3, 0.4) is 0 Å². The molecule has 0 amide bonds. The van der Waals surface area contributed by atoms with E-state index < -0.39 is 0 Å². The summed E-state index contributed by atoms with van der Waals surface area (Å²) in [5.74, 6) is 3.60. The molecule has 0 unspecified atom stereocenters. The Morgan fingerprint density at radius 3 is 2.47 bits per heavy atom. The van der Waals surface area contributed by atoms with Crippen LogP contribution in [0.2, 0.25) is 0 Å². The summed E-state index contributed by atoms with van der Waals surface area (Å²) in [6, 6.07) is 14.8. The third-order valence-corrected chi connectivity index (χ3v) is 8.66. The molecular weight excluding hydrogens is 428 g/mol. The third kappa shape index (κ3) is 4.46. The number of hydrogen-bond acceptors (Lipinski definition) is 5. The number of benzene rings is 2. The van der Waals surface area contributed by atoms with Crippen molar-refractivity contribution in [3.05, 3.63) is 59.2 Å². The van der Waals surface area contributed by atoms with Crippen molar-refractivity contribution in [2.45, 2.75) is 64.1 Å². The van der Waals surface area contributed by atoms with Gasteiger partial charge >= 0.3 is 0 Å². The first-order valence-electron chi connectivity index (χ1n) is 12.7. The van der Waals surface area contributed by atoms with Crippen LogP contribution in [0, 0.1) is 17.3 Å². The van der Waals surface area contributed by atoms with Crippen LogP contribution in [0.1, 0.15) is 61.6 Å². The first kappa shape index (κ1) is 23.7. The van der Waals surface area contributed by atoms with Crippen LogP contribution < -0.4 is 9.47 Å². The van der Waals surface area contributed by atoms with E-state index in [1.54, 1.807) is 14.2 Å². The van der Waals surface area contributed by atoms with Gasteiger partial charge in [0, 0.05) is 14.2 Å². The van der Waals surface area contributed by atoms with Gasteiger partial charge < -0.3 is 23.7 Å². The van der Waals surface area contributed by atoms with Gasteiger partial charge in [-0.15, -0.1) is 0 Å². The van der Waals surface area contributed by atoms with Gasteiger partial charge in [-0.25, -0.2) is 0 Å². The van der Waals surface area contributed by atoms with E-state index in [1.165, 1.54) is 36.8 Å². The average Bonchev–Trinajstić information content (AvgIpc) is 3.21. The number of ether oxygens (including phenoxy) is 5. The predicted octanol–water partition coefficient (Wildman–Crippen LogP) is 6.09. The lowest BCUT2D eigenvalue weighted by atomic mass is 9.55. The Balaban J connectivity index is 1.40. The molecule has 5 nitrogen and oxygen atoms in total. The minimum Gasteiger partial charge on any atom is -0.485 e. The van der Waals surface area contributed by atoms with Gasteiger partial charge in [-0.2, -0.15) is 0 Å². The first-order valence-corrected chi connectivity index (χ1v) is 12.7. The molecule has 184 valence electrons. The van der Waals surface area contributed by atoms with Gasteiger partial charge in [0.05, 0.1) is 6.10 Å². The second-order valence-electron chi connectivity index (χ2n) is 10.4. The van der Waals surface area contributed by atoms with Crippen LogP contribution in [-0.4, -0.2) is 33.9 Å². The van der Waals surface area contributed by atoms with Crippen molar-refractivity contribution in [1.82, 2.24) is 0 Å². The molecule has 0 aromatic heterocycles. The topological polar surface area (TPSA) is 46.2 Å². The highest BCUT2D eigenvalue weighted by molar-refractivity contribution is 5.50. The van der Waals surface area contributed by atoms with E-state index in [4.69, 9.17) is 23.7 Å². The monoisotopic (exact) mass is 466 g/mol. The zero-order valence-electron chi connectivity index (χ0n) is 20.8. The maximum atomic E-state index is 6.32. The minimum absolute atomic E-state index is 0.218. The Morgan fingerprint density at radius 2 is 1.68 bits per heavy atom. The van der Waals surface area contributed by atoms with E-state index >= 15 is 0 Å². The van der Waals surface area contributed by atoms with Gasteiger partial charge in [0.2, 0.25) is 0 Å². The molecule has 2 fully saturated rings. The lowest BCUT2D eigenvalue weighted by Gasteiger charge is -2.50. The largest absolute Gasteiger partial charge is 0.485 e. The second-order valence-corrected chi connectivity index (χ2v) is 10.4. The molecule has 0 aliphatic heterocycles. The lowest BCUT2D eigenvalue weighted by Crippen LogP contribution is -2.44. The van der Waals surface area contributed by atoms with E-state index in [2.05, 4.69) is 31.2 Å². The fourth-order valence-corrected chi connectivity index (χ4v) is 7.04. The highest BCUT2D eigenvalue weighted by Gasteiger charge is 2.55. The van der Waals surface area contributed by atoms with Crippen LogP contribution in [0.15, 0.2) is 42.5 Å². The summed E-state index contributed by atoms with van der Waals surface area (Å²) in [4.78, 5) is 0. The highest BCUT2D eigenvalue weighted by atomic mass is 16.7. The number of aryl methyl sites for hydroxylation is 1. The van der Waals surface area contributed by atoms with Crippen molar-refractivity contribution >= 4 is 0 Å². The fraction of sp³-hybridized carbons (Fsp3) is 0.586. The number of methoxy groups -OCH3 is 2. The van der Waals surface area contributed by atoms with Crippen LogP contribution in [0.25, 0.3) is 0 Å². The summed E-state index contributed by atoms with van der Waals surface area (Å²) in [5.41, 5.74) is 4.28. The molecule has 2 aromatic carbocycles. The Morgan fingerprint density at radius 1 is 0.882 bits per heavy atom. The Kier molecular flexibility index (Phi) is 7.14. The molecule has 5 rings (SSSR count). The van der Waals surface area contributed by atoms with E-state index in [1.807, 2.05) is 18.2 Å². The quantitative estimate of drug-likeness (QED) is 0.418. The van der Waals surface area contributed by atoms with Gasteiger partial charge in [-0.05, 0) is 90.5 Å². The molecule has 5 heteroatoms. The normalized spacial score (nSPS) is 29.7. The van der Waals surface area contributed by atoms with Crippen LogP contribution in [0.5, 0.6) is 11.5 Å². The molecule has 0 saturated heterocycles. The molecule has 5 atom stereocenters. The van der Waals surface area contributed by atoms with Crippen molar-refractivity contribution in [3.63, 3.8) is 0 Å². The van der Waals surface area contributed by atoms with E-state index in [-0.39, 0.29) is 12.2 Å². The predicted molar refractivity (Wildman–Crippen MR) is 131 cm³/mol. The highest BCUT2D eigenvalue weighted by Crippen LogP contribution is 2.62. The van der Waals surface area contributed by atoms with Gasteiger partial charge in [0.25, 0.3) is 0 Å². The van der Waals surface area contributed by atoms with Crippen molar-refractivity contribution in [2.75, 3.05) is 27.8 Å². The van der Waals surface area contributed by atoms with E-state index in [0.29, 0.717) is 37.3 Å². The first-order chi connectivity index (χ1) is 16.6. The summed E-state index contributed by atoms with van der Waals surface area (Å²) in [5, 5.41) is 0. The molecule has 3 aliphatic carbocycles. The zero-order chi connectivity index (χ0) is 23.5. The fourth-order valence-electron chi connectivity index (χ4n) is 7.04. The molecule has 0 N–H and O–H groups in total. The molecule has 34 heavy (non-hydrogen) atoms. The Hall–Kier alpha value is -2.08. The van der Waals surface area contributed by atoms with Gasteiger partial charge in [-0.3, -0.25) is 0 Å². The second kappa shape index (κ2) is 10.3. The Labute approximate surface area is 203 Å². The van der Waals surface area contributed by atoms with Gasteiger partial charge in [0.15, 0.2) is 18.3 Å².